The number of anilines is 2. The first-order valence-corrected chi connectivity index (χ1v) is 16.0. The van der Waals surface area contributed by atoms with Crippen LogP contribution in [0.5, 0.6) is 5.75 Å². The normalized spacial score (nSPS) is 11.7. The Hall–Kier alpha value is -4.11. The predicted octanol–water partition coefficient (Wildman–Crippen LogP) is 3.25. The predicted molar refractivity (Wildman–Crippen MR) is 165 cm³/mol. The van der Waals surface area contributed by atoms with Crippen molar-refractivity contribution >= 4 is 59.6 Å². The number of nitrogens with zero attached hydrogens (tertiary/aromatic N) is 2. The number of benzene rings is 5. The molecule has 0 fully saturated rings. The molecule has 0 aliphatic rings. The van der Waals surface area contributed by atoms with Gasteiger partial charge in [-0.2, -0.15) is 18.6 Å². The largest absolute Gasteiger partial charge is 1.00 e. The van der Waals surface area contributed by atoms with Crippen molar-refractivity contribution in [3.63, 3.8) is 0 Å². The molecule has 0 saturated carbocycles. The minimum absolute atomic E-state index is 0. The number of rotatable bonds is 8. The van der Waals surface area contributed by atoms with Crippen LogP contribution in [0.15, 0.2) is 117 Å². The van der Waals surface area contributed by atoms with E-state index >= 15 is 0 Å². The first-order valence-electron chi connectivity index (χ1n) is 13.1. The molecule has 1 amide bonds. The Morgan fingerprint density at radius 3 is 2.13 bits per heavy atom. The summed E-state index contributed by atoms with van der Waals surface area (Å²) in [6.45, 7) is 3.49. The SMILES string of the molecule is Cc1ccc(S(=O)(=O)Nc2ccccc2S(=O)(=O)O)cc1N=Nc1c([O-])c(C(=O)Nc2ccccc2C)cc2ccccc12.[Na+]. The molecular formula is C31H25N4NaO7S2. The first-order chi connectivity index (χ1) is 20.8. The van der Waals surface area contributed by atoms with Gasteiger partial charge < -0.3 is 10.4 Å². The van der Waals surface area contributed by atoms with Gasteiger partial charge in [0.15, 0.2) is 0 Å². The second-order valence-corrected chi connectivity index (χ2v) is 12.9. The number of para-hydroxylation sites is 2. The van der Waals surface area contributed by atoms with Crippen LogP contribution in [0.25, 0.3) is 10.8 Å². The molecule has 5 aromatic carbocycles. The van der Waals surface area contributed by atoms with E-state index in [-0.39, 0.29) is 57.1 Å². The van der Waals surface area contributed by atoms with Gasteiger partial charge in [-0.05, 0) is 66.8 Å². The minimum atomic E-state index is -4.71. The Labute approximate surface area is 282 Å². The standard InChI is InChI=1S/C31H26N4O7S2.Na/c1-19-9-3-6-12-25(19)32-31(37)24-17-21-10-4-5-11-23(21)29(30(24)36)34-33-27-18-22(16-15-20(27)2)43(38,39)35-26-13-7-8-14-28(26)44(40,41)42;/h3-18,35-36H,1-2H3,(H,32,37)(H,40,41,42);/q;+1/p-1. The Balaban J connectivity index is 0.00000461. The molecule has 0 atom stereocenters. The zero-order valence-electron chi connectivity index (χ0n) is 24.3. The first kappa shape index (κ1) is 33.8. The number of aryl methyl sites for hydroxylation is 2. The maximum Gasteiger partial charge on any atom is 1.00 e. The van der Waals surface area contributed by atoms with Crippen LogP contribution in [0.1, 0.15) is 21.5 Å². The summed E-state index contributed by atoms with van der Waals surface area (Å²) < 4.78 is 61.5. The molecule has 0 radical (unpaired) electrons. The molecule has 0 spiro atoms. The summed E-state index contributed by atoms with van der Waals surface area (Å²) in [4.78, 5) is 12.3. The molecule has 0 unspecified atom stereocenters. The fraction of sp³-hybridized carbons (Fsp3) is 0.0645. The molecule has 0 heterocycles. The van der Waals surface area contributed by atoms with E-state index in [2.05, 4.69) is 20.3 Å². The van der Waals surface area contributed by atoms with Crippen molar-refractivity contribution in [2.75, 3.05) is 10.0 Å². The van der Waals surface area contributed by atoms with Crippen molar-refractivity contribution < 1.29 is 60.8 Å². The quantitative estimate of drug-likeness (QED) is 0.131. The molecular weight excluding hydrogens is 627 g/mol. The molecule has 0 saturated heterocycles. The van der Waals surface area contributed by atoms with Gasteiger partial charge in [0.25, 0.3) is 26.0 Å². The van der Waals surface area contributed by atoms with Gasteiger partial charge in [0.1, 0.15) is 4.90 Å². The molecule has 11 nitrogen and oxygen atoms in total. The van der Waals surface area contributed by atoms with Crippen molar-refractivity contribution in [3.8, 4) is 5.75 Å². The third kappa shape index (κ3) is 7.41. The Kier molecular flexibility index (Phi) is 10.1. The number of carbonyl (C=O) groups is 1. The van der Waals surface area contributed by atoms with Crippen molar-refractivity contribution in [2.45, 2.75) is 23.6 Å². The molecule has 0 aromatic heterocycles. The van der Waals surface area contributed by atoms with E-state index in [0.29, 0.717) is 22.0 Å². The van der Waals surface area contributed by atoms with E-state index < -0.39 is 36.7 Å². The minimum Gasteiger partial charge on any atom is -0.870 e. The van der Waals surface area contributed by atoms with Crippen LogP contribution >= 0.6 is 0 Å². The fourth-order valence-electron chi connectivity index (χ4n) is 4.43. The van der Waals surface area contributed by atoms with Crippen LogP contribution < -0.4 is 44.7 Å². The number of carbonyl (C=O) groups excluding carboxylic acids is 1. The van der Waals surface area contributed by atoms with E-state index in [1.807, 2.05) is 19.1 Å². The van der Waals surface area contributed by atoms with Crippen molar-refractivity contribution in [1.29, 1.82) is 0 Å². The molecule has 0 aliphatic carbocycles. The van der Waals surface area contributed by atoms with Gasteiger partial charge in [0.05, 0.1) is 22.0 Å². The average molecular weight is 653 g/mol. The van der Waals surface area contributed by atoms with E-state index in [4.69, 9.17) is 0 Å². The summed E-state index contributed by atoms with van der Waals surface area (Å²) in [7, 11) is -9.07. The second-order valence-electron chi connectivity index (χ2n) is 9.82. The van der Waals surface area contributed by atoms with Crippen LogP contribution in [0.3, 0.4) is 0 Å². The molecule has 0 aliphatic heterocycles. The van der Waals surface area contributed by atoms with Crippen LogP contribution in [-0.2, 0) is 20.1 Å². The number of nitrogens with one attached hydrogen (secondary N) is 2. The van der Waals surface area contributed by atoms with Gasteiger partial charge in [0.2, 0.25) is 0 Å². The molecule has 5 rings (SSSR count). The number of amides is 1. The average Bonchev–Trinajstić information content (AvgIpc) is 2.97. The molecule has 45 heavy (non-hydrogen) atoms. The maximum atomic E-state index is 13.6. The van der Waals surface area contributed by atoms with Gasteiger partial charge in [-0.3, -0.25) is 14.1 Å². The zero-order chi connectivity index (χ0) is 31.6. The summed E-state index contributed by atoms with van der Waals surface area (Å²) in [5, 5.41) is 25.7. The van der Waals surface area contributed by atoms with Crippen molar-refractivity contribution in [1.82, 2.24) is 0 Å². The van der Waals surface area contributed by atoms with Crippen molar-refractivity contribution in [3.05, 3.63) is 114 Å². The molecule has 224 valence electrons. The third-order valence-corrected chi connectivity index (χ3v) is 9.05. The van der Waals surface area contributed by atoms with E-state index in [1.54, 1.807) is 43.3 Å². The maximum absolute atomic E-state index is 13.6. The number of fused-ring (bicyclic) bond motifs is 1. The molecule has 5 aromatic rings. The van der Waals surface area contributed by atoms with Gasteiger partial charge in [-0.25, -0.2) is 8.42 Å². The Morgan fingerprint density at radius 1 is 0.778 bits per heavy atom. The van der Waals surface area contributed by atoms with E-state index in [1.165, 1.54) is 42.5 Å². The third-order valence-electron chi connectivity index (χ3n) is 6.77. The monoisotopic (exact) mass is 652 g/mol. The van der Waals surface area contributed by atoms with Crippen LogP contribution in [0.2, 0.25) is 0 Å². The Bertz CT molecular complexity index is 2190. The molecule has 3 N–H and O–H groups in total. The number of hydrogen-bond acceptors (Lipinski definition) is 8. The summed E-state index contributed by atoms with van der Waals surface area (Å²) >= 11 is 0. The van der Waals surface area contributed by atoms with Crippen molar-refractivity contribution in [2.24, 2.45) is 10.2 Å². The van der Waals surface area contributed by atoms with E-state index in [0.717, 1.165) is 11.6 Å². The van der Waals surface area contributed by atoms with Gasteiger partial charge in [-0.1, -0.05) is 66.4 Å². The fourth-order valence-corrected chi connectivity index (χ4v) is 6.24. The smallest absolute Gasteiger partial charge is 0.870 e. The Morgan fingerprint density at radius 2 is 1.42 bits per heavy atom. The van der Waals surface area contributed by atoms with Gasteiger partial charge >= 0.3 is 29.6 Å². The summed E-state index contributed by atoms with van der Waals surface area (Å²) in [6, 6.07) is 24.4. The van der Waals surface area contributed by atoms with Gasteiger partial charge in [-0.15, -0.1) is 0 Å². The number of sulfonamides is 1. The van der Waals surface area contributed by atoms with Crippen LogP contribution in [-0.4, -0.2) is 27.3 Å². The van der Waals surface area contributed by atoms with Gasteiger partial charge in [0, 0.05) is 16.6 Å². The van der Waals surface area contributed by atoms with Crippen LogP contribution in [0.4, 0.5) is 22.7 Å². The zero-order valence-corrected chi connectivity index (χ0v) is 28.0. The topological polar surface area (TPSA) is 177 Å². The molecule has 14 heteroatoms. The van der Waals surface area contributed by atoms with E-state index in [9.17, 15) is 31.3 Å². The summed E-state index contributed by atoms with van der Waals surface area (Å²) in [5.41, 5.74) is 1.40. The molecule has 0 bridgehead atoms. The summed E-state index contributed by atoms with van der Waals surface area (Å²) in [5.74, 6) is -1.28. The summed E-state index contributed by atoms with van der Waals surface area (Å²) in [6.07, 6.45) is 0. The van der Waals surface area contributed by atoms with Crippen LogP contribution in [0, 0.1) is 13.8 Å². The number of azo groups is 1. The number of hydrogen-bond donors (Lipinski definition) is 3. The second kappa shape index (κ2) is 13.5.